The second kappa shape index (κ2) is 13.3. The zero-order valence-corrected chi connectivity index (χ0v) is 26.2. The first-order valence-electron chi connectivity index (χ1n) is 15.4. The average Bonchev–Trinajstić information content (AvgIpc) is 3.68. The predicted octanol–water partition coefficient (Wildman–Crippen LogP) is 4.86. The van der Waals surface area contributed by atoms with Gasteiger partial charge in [-0.2, -0.15) is 0 Å². The van der Waals surface area contributed by atoms with Gasteiger partial charge in [0, 0.05) is 30.3 Å². The summed E-state index contributed by atoms with van der Waals surface area (Å²) in [5.74, 6) is -2.52. The van der Waals surface area contributed by atoms with Crippen LogP contribution in [-0.4, -0.2) is 76.1 Å². The Kier molecular flexibility index (Phi) is 9.63. The second-order valence-corrected chi connectivity index (χ2v) is 12.6. The van der Waals surface area contributed by atoms with E-state index in [2.05, 4.69) is 13.2 Å². The van der Waals surface area contributed by atoms with Crippen molar-refractivity contribution in [3.63, 3.8) is 0 Å². The Morgan fingerprint density at radius 2 is 1.80 bits per heavy atom. The van der Waals surface area contributed by atoms with Gasteiger partial charge in [0.1, 0.15) is 11.6 Å². The van der Waals surface area contributed by atoms with Crippen molar-refractivity contribution in [1.82, 2.24) is 9.80 Å². The van der Waals surface area contributed by atoms with Gasteiger partial charge in [0.2, 0.25) is 11.8 Å². The van der Waals surface area contributed by atoms with E-state index in [4.69, 9.17) is 16.3 Å². The lowest BCUT2D eigenvalue weighted by Gasteiger charge is -2.40. The van der Waals surface area contributed by atoms with E-state index in [1.165, 1.54) is 0 Å². The van der Waals surface area contributed by atoms with Crippen LogP contribution in [0, 0.1) is 17.8 Å². The number of aliphatic hydroxyl groups is 1. The number of rotatable bonds is 13. The minimum absolute atomic E-state index is 0.0976. The van der Waals surface area contributed by atoms with Crippen LogP contribution < -0.4 is 4.90 Å². The smallest absolute Gasteiger partial charge is 0.253 e. The summed E-state index contributed by atoms with van der Waals surface area (Å²) < 4.78 is 6.71. The number of ether oxygens (including phenoxy) is 1. The first kappa shape index (κ1) is 31.9. The number of halogens is 1. The summed E-state index contributed by atoms with van der Waals surface area (Å²) in [4.78, 5) is 48.7. The highest BCUT2D eigenvalue weighted by molar-refractivity contribution is 6.30. The highest BCUT2D eigenvalue weighted by atomic mass is 35.5. The summed E-state index contributed by atoms with van der Waals surface area (Å²) in [5.41, 5.74) is 0.378. The van der Waals surface area contributed by atoms with Crippen molar-refractivity contribution in [3.05, 3.63) is 90.5 Å². The standard InChI is InChI=1S/C35H42ClN3O5/c1-5-19-37(21-24-11-9-8-10-12-24)32(41)29-28-17-18-35(44-28)30(29)33(42)39(27(22-40)23(4)7-3)31(35)34(43)38(20-6-2)26-15-13-25(36)14-16-26/h5-6,8-16,23,27-31,40H,1-2,7,17-22H2,3-4H3/t23-,27-,28-,29+,30-,31?,35?/m0/s1. The SMILES string of the molecule is C=CCN(Cc1ccccc1)C(=O)[C@@H]1[C@@H]2CCC3(O2)C(C(=O)N(CC=C)c2ccc(Cl)cc2)N([C@@H](CO)[C@@H](C)CC)C(=O)[C@H]13. The molecule has 3 heterocycles. The lowest BCUT2D eigenvalue weighted by Crippen LogP contribution is -2.60. The van der Waals surface area contributed by atoms with Gasteiger partial charge < -0.3 is 24.5 Å². The van der Waals surface area contributed by atoms with Crippen molar-refractivity contribution in [2.45, 2.75) is 63.4 Å². The fraction of sp³-hybridized carbons (Fsp3) is 0.457. The summed E-state index contributed by atoms with van der Waals surface area (Å²) in [6, 6.07) is 15.0. The molecule has 0 aromatic heterocycles. The summed E-state index contributed by atoms with van der Waals surface area (Å²) in [6.45, 7) is 12.3. The predicted molar refractivity (Wildman–Crippen MR) is 171 cm³/mol. The van der Waals surface area contributed by atoms with Crippen molar-refractivity contribution in [2.75, 3.05) is 24.6 Å². The van der Waals surface area contributed by atoms with Crippen LogP contribution >= 0.6 is 11.6 Å². The monoisotopic (exact) mass is 619 g/mol. The van der Waals surface area contributed by atoms with Gasteiger partial charge in [0.05, 0.1) is 30.6 Å². The molecule has 0 radical (unpaired) electrons. The van der Waals surface area contributed by atoms with Crippen LogP contribution in [0.3, 0.4) is 0 Å². The molecule has 2 bridgehead atoms. The maximum Gasteiger partial charge on any atom is 0.253 e. The molecule has 0 aliphatic carbocycles. The van der Waals surface area contributed by atoms with Gasteiger partial charge in [0.15, 0.2) is 0 Å². The molecule has 5 rings (SSSR count). The van der Waals surface area contributed by atoms with Crippen LogP contribution in [0.1, 0.15) is 38.7 Å². The van der Waals surface area contributed by atoms with Crippen LogP contribution in [-0.2, 0) is 25.7 Å². The van der Waals surface area contributed by atoms with E-state index >= 15 is 0 Å². The van der Waals surface area contributed by atoms with E-state index in [1.807, 2.05) is 44.2 Å². The van der Waals surface area contributed by atoms with Gasteiger partial charge in [-0.3, -0.25) is 14.4 Å². The van der Waals surface area contributed by atoms with Crippen molar-refractivity contribution in [1.29, 1.82) is 0 Å². The molecule has 3 aliphatic rings. The molecule has 3 aliphatic heterocycles. The molecule has 0 saturated carbocycles. The van der Waals surface area contributed by atoms with E-state index in [0.29, 0.717) is 43.1 Å². The quantitative estimate of drug-likeness (QED) is 0.324. The van der Waals surface area contributed by atoms with Crippen LogP contribution in [0.25, 0.3) is 0 Å². The first-order valence-corrected chi connectivity index (χ1v) is 15.8. The lowest BCUT2D eigenvalue weighted by molar-refractivity contribution is -0.148. The molecule has 3 amide bonds. The Morgan fingerprint density at radius 3 is 2.41 bits per heavy atom. The van der Waals surface area contributed by atoms with E-state index in [-0.39, 0.29) is 36.8 Å². The van der Waals surface area contributed by atoms with Crippen molar-refractivity contribution in [2.24, 2.45) is 17.8 Å². The Morgan fingerprint density at radius 1 is 1.11 bits per heavy atom. The zero-order chi connectivity index (χ0) is 31.6. The molecule has 2 aromatic carbocycles. The van der Waals surface area contributed by atoms with Crippen LogP contribution in [0.5, 0.6) is 0 Å². The fourth-order valence-electron chi connectivity index (χ4n) is 7.45. The minimum atomic E-state index is -1.20. The molecule has 44 heavy (non-hydrogen) atoms. The Labute approximate surface area is 264 Å². The third-order valence-corrected chi connectivity index (χ3v) is 9.95. The van der Waals surface area contributed by atoms with Gasteiger partial charge in [0.25, 0.3) is 5.91 Å². The van der Waals surface area contributed by atoms with Crippen molar-refractivity contribution in [3.8, 4) is 0 Å². The summed E-state index contributed by atoms with van der Waals surface area (Å²) >= 11 is 6.15. The normalized spacial score (nSPS) is 26.6. The van der Waals surface area contributed by atoms with Gasteiger partial charge >= 0.3 is 0 Å². The molecule has 8 nitrogen and oxygen atoms in total. The number of anilines is 1. The van der Waals surface area contributed by atoms with Crippen molar-refractivity contribution < 1.29 is 24.2 Å². The molecule has 3 fully saturated rings. The highest BCUT2D eigenvalue weighted by Crippen LogP contribution is 2.59. The maximum absolute atomic E-state index is 14.8. The maximum atomic E-state index is 14.8. The van der Waals surface area contributed by atoms with E-state index < -0.39 is 35.6 Å². The molecule has 7 atom stereocenters. The lowest BCUT2D eigenvalue weighted by atomic mass is 9.70. The van der Waals surface area contributed by atoms with Crippen LogP contribution in [0.4, 0.5) is 5.69 Å². The molecule has 3 saturated heterocycles. The highest BCUT2D eigenvalue weighted by Gasteiger charge is 2.75. The number of carbonyl (C=O) groups excluding carboxylic acids is 3. The molecule has 2 aromatic rings. The Bertz CT molecular complexity index is 1380. The summed E-state index contributed by atoms with van der Waals surface area (Å²) in [7, 11) is 0. The molecule has 2 unspecified atom stereocenters. The number of likely N-dealkylation sites (tertiary alicyclic amines) is 1. The number of hydrogen-bond acceptors (Lipinski definition) is 5. The third-order valence-electron chi connectivity index (χ3n) is 9.70. The van der Waals surface area contributed by atoms with Crippen LogP contribution in [0.2, 0.25) is 5.02 Å². The third kappa shape index (κ3) is 5.48. The van der Waals surface area contributed by atoms with E-state index in [9.17, 15) is 19.5 Å². The topological polar surface area (TPSA) is 90.4 Å². The van der Waals surface area contributed by atoms with Crippen molar-refractivity contribution >= 4 is 35.0 Å². The minimum Gasteiger partial charge on any atom is -0.394 e. The molecule has 1 N–H and O–H groups in total. The number of aliphatic hydroxyl groups excluding tert-OH is 1. The zero-order valence-electron chi connectivity index (χ0n) is 25.5. The van der Waals surface area contributed by atoms with Gasteiger partial charge in [-0.25, -0.2) is 0 Å². The number of benzene rings is 2. The molecule has 234 valence electrons. The largest absolute Gasteiger partial charge is 0.394 e. The van der Waals surface area contributed by atoms with E-state index in [0.717, 1.165) is 5.56 Å². The number of amides is 3. The number of hydrogen-bond donors (Lipinski definition) is 1. The molecular weight excluding hydrogens is 578 g/mol. The number of fused-ring (bicyclic) bond motifs is 1. The number of nitrogens with zero attached hydrogens (tertiary/aromatic N) is 3. The molecule has 1 spiro atoms. The van der Waals surface area contributed by atoms with Gasteiger partial charge in [-0.05, 0) is 48.6 Å². The Hall–Kier alpha value is -3.46. The van der Waals surface area contributed by atoms with Gasteiger partial charge in [-0.1, -0.05) is 74.4 Å². The Balaban J connectivity index is 1.58. The average molecular weight is 620 g/mol. The summed E-state index contributed by atoms with van der Waals surface area (Å²) in [5, 5.41) is 11.2. The van der Waals surface area contributed by atoms with Crippen LogP contribution in [0.15, 0.2) is 79.9 Å². The molecule has 9 heteroatoms. The second-order valence-electron chi connectivity index (χ2n) is 12.1. The molecular formula is C35H42ClN3O5. The fourth-order valence-corrected chi connectivity index (χ4v) is 7.57. The van der Waals surface area contributed by atoms with E-state index in [1.54, 1.807) is 51.1 Å². The number of carbonyl (C=O) groups is 3. The van der Waals surface area contributed by atoms with Gasteiger partial charge in [-0.15, -0.1) is 13.2 Å². The summed E-state index contributed by atoms with van der Waals surface area (Å²) in [6.07, 6.45) is 4.54. The first-order chi connectivity index (χ1) is 21.2.